The second kappa shape index (κ2) is 8.09. The Bertz CT molecular complexity index is 972. The Morgan fingerprint density at radius 1 is 0.923 bits per heavy atom. The summed E-state index contributed by atoms with van der Waals surface area (Å²) in [6.45, 7) is 0.308. The molecule has 0 N–H and O–H groups in total. The molecule has 3 aromatic carbocycles. The van der Waals surface area contributed by atoms with Gasteiger partial charge in [-0.25, -0.2) is 8.78 Å². The lowest BCUT2D eigenvalue weighted by Crippen LogP contribution is -1.95. The van der Waals surface area contributed by atoms with E-state index in [2.05, 4.69) is 6.07 Å². The van der Waals surface area contributed by atoms with Gasteiger partial charge in [-0.2, -0.15) is 5.26 Å². The fraction of sp³-hybridized carbons (Fsp3) is 0.0455. The first-order valence-electron chi connectivity index (χ1n) is 7.99. The molecule has 0 atom stereocenters. The third-order valence-corrected chi connectivity index (χ3v) is 3.74. The first-order valence-corrected chi connectivity index (χ1v) is 7.99. The molecule has 128 valence electrons. The van der Waals surface area contributed by atoms with Crippen LogP contribution in [0.1, 0.15) is 16.7 Å². The number of hydrogen-bond acceptors (Lipinski definition) is 2. The van der Waals surface area contributed by atoms with Crippen molar-refractivity contribution >= 4 is 11.6 Å². The lowest BCUT2D eigenvalue weighted by molar-refractivity contribution is 0.306. The van der Waals surface area contributed by atoms with Crippen LogP contribution in [0.4, 0.5) is 8.78 Å². The molecule has 0 unspecified atom stereocenters. The van der Waals surface area contributed by atoms with Crippen LogP contribution in [0.25, 0.3) is 11.6 Å². The molecule has 0 fully saturated rings. The normalized spacial score (nSPS) is 11.0. The molecule has 0 bridgehead atoms. The molecule has 0 aliphatic heterocycles. The first-order chi connectivity index (χ1) is 12.6. The van der Waals surface area contributed by atoms with E-state index in [0.29, 0.717) is 23.5 Å². The van der Waals surface area contributed by atoms with Crippen LogP contribution < -0.4 is 4.74 Å². The maximum absolute atomic E-state index is 13.4. The monoisotopic (exact) mass is 347 g/mol. The van der Waals surface area contributed by atoms with Crippen LogP contribution in [0.5, 0.6) is 5.75 Å². The van der Waals surface area contributed by atoms with Gasteiger partial charge in [-0.05, 0) is 59.2 Å². The molecule has 0 heterocycles. The van der Waals surface area contributed by atoms with Gasteiger partial charge in [0.1, 0.15) is 24.0 Å². The lowest BCUT2D eigenvalue weighted by atomic mass is 10.0. The van der Waals surface area contributed by atoms with Gasteiger partial charge in [-0.1, -0.05) is 36.4 Å². The molecule has 0 aromatic heterocycles. The molecule has 0 aliphatic rings. The second-order valence-electron chi connectivity index (χ2n) is 5.67. The van der Waals surface area contributed by atoms with E-state index in [1.807, 2.05) is 12.1 Å². The summed E-state index contributed by atoms with van der Waals surface area (Å²) in [6, 6.07) is 21.3. The van der Waals surface area contributed by atoms with Crippen molar-refractivity contribution in [2.45, 2.75) is 6.61 Å². The van der Waals surface area contributed by atoms with Gasteiger partial charge in [0.25, 0.3) is 0 Å². The maximum atomic E-state index is 13.4. The molecule has 0 saturated carbocycles. The van der Waals surface area contributed by atoms with E-state index in [1.54, 1.807) is 42.5 Å². The molecule has 26 heavy (non-hydrogen) atoms. The summed E-state index contributed by atoms with van der Waals surface area (Å²) in [5.41, 5.74) is 2.50. The maximum Gasteiger partial charge on any atom is 0.123 e. The number of nitrogens with zero attached hydrogens (tertiary/aromatic N) is 1. The molecule has 0 radical (unpaired) electrons. The van der Waals surface area contributed by atoms with Crippen LogP contribution in [0.3, 0.4) is 0 Å². The van der Waals surface area contributed by atoms with Crippen LogP contribution >= 0.6 is 0 Å². The summed E-state index contributed by atoms with van der Waals surface area (Å²) < 4.78 is 32.0. The standard InChI is InChI=1S/C22H15F2NO/c23-20-9-7-16(8-10-20)15-26-22-6-1-3-17(12-22)11-19(14-25)18-4-2-5-21(24)13-18/h1-13H,15H2/b19-11-. The molecule has 0 aliphatic carbocycles. The van der Waals surface area contributed by atoms with E-state index >= 15 is 0 Å². The van der Waals surface area contributed by atoms with Crippen LogP contribution in [-0.2, 0) is 6.61 Å². The topological polar surface area (TPSA) is 33.0 Å². The Morgan fingerprint density at radius 3 is 2.42 bits per heavy atom. The van der Waals surface area contributed by atoms with Crippen LogP contribution in [0.2, 0.25) is 0 Å². The van der Waals surface area contributed by atoms with E-state index in [1.165, 1.54) is 24.3 Å². The average molecular weight is 347 g/mol. The molecule has 3 aromatic rings. The van der Waals surface area contributed by atoms with Gasteiger partial charge >= 0.3 is 0 Å². The lowest BCUT2D eigenvalue weighted by Gasteiger charge is -2.07. The zero-order valence-electron chi connectivity index (χ0n) is 13.8. The van der Waals surface area contributed by atoms with E-state index < -0.39 is 0 Å². The number of allylic oxidation sites excluding steroid dienone is 1. The predicted octanol–water partition coefficient (Wildman–Crippen LogP) is 5.61. The molecular formula is C22H15F2NO. The van der Waals surface area contributed by atoms with Gasteiger partial charge in [-0.3, -0.25) is 0 Å². The summed E-state index contributed by atoms with van der Waals surface area (Å²) in [5, 5.41) is 9.37. The zero-order chi connectivity index (χ0) is 18.4. The molecular weight excluding hydrogens is 332 g/mol. The Hall–Kier alpha value is -3.45. The van der Waals surface area contributed by atoms with Crippen molar-refractivity contribution < 1.29 is 13.5 Å². The molecule has 4 heteroatoms. The Kier molecular flexibility index (Phi) is 5.40. The van der Waals surface area contributed by atoms with E-state index in [4.69, 9.17) is 4.74 Å². The Balaban J connectivity index is 1.77. The summed E-state index contributed by atoms with van der Waals surface area (Å²) in [7, 11) is 0. The molecule has 2 nitrogen and oxygen atoms in total. The first kappa shape index (κ1) is 17.4. The third-order valence-electron chi connectivity index (χ3n) is 3.74. The van der Waals surface area contributed by atoms with E-state index in [-0.39, 0.29) is 11.6 Å². The zero-order valence-corrected chi connectivity index (χ0v) is 13.8. The Morgan fingerprint density at radius 2 is 1.69 bits per heavy atom. The molecule has 3 rings (SSSR count). The van der Waals surface area contributed by atoms with Crippen LogP contribution in [-0.4, -0.2) is 0 Å². The smallest absolute Gasteiger partial charge is 0.123 e. The number of ether oxygens (including phenoxy) is 1. The van der Waals surface area contributed by atoms with Crippen molar-refractivity contribution in [1.82, 2.24) is 0 Å². The summed E-state index contributed by atoms with van der Waals surface area (Å²) in [5.74, 6) is -0.0538. The fourth-order valence-corrected chi connectivity index (χ4v) is 2.44. The highest BCUT2D eigenvalue weighted by molar-refractivity contribution is 5.89. The Labute approximate surface area is 150 Å². The van der Waals surface area contributed by atoms with Crippen molar-refractivity contribution in [3.63, 3.8) is 0 Å². The summed E-state index contributed by atoms with van der Waals surface area (Å²) >= 11 is 0. The largest absolute Gasteiger partial charge is 0.489 e. The van der Waals surface area contributed by atoms with Crippen molar-refractivity contribution in [2.75, 3.05) is 0 Å². The number of benzene rings is 3. The van der Waals surface area contributed by atoms with Gasteiger partial charge in [0.2, 0.25) is 0 Å². The average Bonchev–Trinajstić information content (AvgIpc) is 2.66. The van der Waals surface area contributed by atoms with Gasteiger partial charge in [0, 0.05) is 0 Å². The van der Waals surface area contributed by atoms with Gasteiger partial charge in [0.15, 0.2) is 0 Å². The predicted molar refractivity (Wildman–Crippen MR) is 97.1 cm³/mol. The second-order valence-corrected chi connectivity index (χ2v) is 5.67. The molecule has 0 saturated heterocycles. The number of rotatable bonds is 5. The highest BCUT2D eigenvalue weighted by atomic mass is 19.1. The highest BCUT2D eigenvalue weighted by Crippen LogP contribution is 2.22. The van der Waals surface area contributed by atoms with Crippen LogP contribution in [0.15, 0.2) is 72.8 Å². The third kappa shape index (κ3) is 4.55. The fourth-order valence-electron chi connectivity index (χ4n) is 2.44. The van der Waals surface area contributed by atoms with Gasteiger partial charge < -0.3 is 4.74 Å². The SMILES string of the molecule is N#C/C(=C/c1cccc(OCc2ccc(F)cc2)c1)c1cccc(F)c1. The molecule has 0 spiro atoms. The van der Waals surface area contributed by atoms with Crippen LogP contribution in [0, 0.1) is 23.0 Å². The highest BCUT2D eigenvalue weighted by Gasteiger charge is 2.04. The van der Waals surface area contributed by atoms with E-state index in [9.17, 15) is 14.0 Å². The van der Waals surface area contributed by atoms with Gasteiger partial charge in [0.05, 0.1) is 11.6 Å². The summed E-state index contributed by atoms with van der Waals surface area (Å²) in [6.07, 6.45) is 1.68. The number of hydrogen-bond donors (Lipinski definition) is 0. The minimum absolute atomic E-state index is 0.290. The quantitative estimate of drug-likeness (QED) is 0.444. The van der Waals surface area contributed by atoms with Gasteiger partial charge in [-0.15, -0.1) is 0 Å². The minimum Gasteiger partial charge on any atom is -0.489 e. The van der Waals surface area contributed by atoms with Crippen molar-refractivity contribution in [1.29, 1.82) is 5.26 Å². The van der Waals surface area contributed by atoms with Crippen molar-refractivity contribution in [3.8, 4) is 11.8 Å². The van der Waals surface area contributed by atoms with E-state index in [0.717, 1.165) is 11.1 Å². The van der Waals surface area contributed by atoms with Crippen molar-refractivity contribution in [2.24, 2.45) is 0 Å². The number of halogens is 2. The molecule has 0 amide bonds. The summed E-state index contributed by atoms with van der Waals surface area (Å²) in [4.78, 5) is 0. The minimum atomic E-state index is -0.389. The number of nitriles is 1. The van der Waals surface area contributed by atoms with Crippen molar-refractivity contribution in [3.05, 3.63) is 101 Å².